The Morgan fingerprint density at radius 1 is 1.50 bits per heavy atom. The van der Waals surface area contributed by atoms with Crippen LogP contribution in [0.15, 0.2) is 18.2 Å². The Morgan fingerprint density at radius 2 is 2.12 bits per heavy atom. The summed E-state index contributed by atoms with van der Waals surface area (Å²) in [5.74, 6) is 0.00758. The number of hydrogen-bond donors (Lipinski definition) is 3. The number of aryl methyl sites for hydroxylation is 1. The predicted octanol–water partition coefficient (Wildman–Crippen LogP) is 1.17. The molecule has 1 amide bonds. The fraction of sp³-hybridized carbons (Fsp3) is 0.417. The van der Waals surface area contributed by atoms with Gasteiger partial charge in [-0.15, -0.1) is 0 Å². The molecule has 0 saturated heterocycles. The zero-order valence-electron chi connectivity index (χ0n) is 9.87. The first kappa shape index (κ1) is 12.5. The molecule has 16 heavy (non-hydrogen) atoms. The molecule has 0 aliphatic heterocycles. The van der Waals surface area contributed by atoms with Crippen LogP contribution in [0.4, 0.5) is 0 Å². The van der Waals surface area contributed by atoms with Crippen molar-refractivity contribution in [3.05, 3.63) is 29.3 Å². The third-order valence-corrected chi connectivity index (χ3v) is 2.42. The highest BCUT2D eigenvalue weighted by Gasteiger charge is 2.19. The molecule has 1 aromatic rings. The van der Waals surface area contributed by atoms with Crippen molar-refractivity contribution in [2.75, 3.05) is 6.54 Å². The third kappa shape index (κ3) is 2.97. The van der Waals surface area contributed by atoms with Gasteiger partial charge in [-0.1, -0.05) is 0 Å². The molecule has 1 aromatic carbocycles. The number of aromatic hydroxyl groups is 1. The maximum Gasteiger partial charge on any atom is 0.251 e. The van der Waals surface area contributed by atoms with Gasteiger partial charge in [0.15, 0.2) is 0 Å². The molecular weight excluding hydrogens is 204 g/mol. The van der Waals surface area contributed by atoms with Gasteiger partial charge in [-0.3, -0.25) is 4.79 Å². The first-order chi connectivity index (χ1) is 7.35. The van der Waals surface area contributed by atoms with Gasteiger partial charge in [0, 0.05) is 17.6 Å². The van der Waals surface area contributed by atoms with E-state index in [4.69, 9.17) is 5.73 Å². The van der Waals surface area contributed by atoms with E-state index < -0.39 is 5.54 Å². The molecule has 4 nitrogen and oxygen atoms in total. The molecule has 1 rings (SSSR count). The summed E-state index contributed by atoms with van der Waals surface area (Å²) in [5.41, 5.74) is 6.31. The van der Waals surface area contributed by atoms with E-state index >= 15 is 0 Å². The van der Waals surface area contributed by atoms with Crippen molar-refractivity contribution in [2.45, 2.75) is 26.3 Å². The van der Waals surface area contributed by atoms with Crippen LogP contribution >= 0.6 is 0 Å². The molecule has 0 heterocycles. The van der Waals surface area contributed by atoms with E-state index in [1.54, 1.807) is 19.1 Å². The molecule has 0 aliphatic rings. The van der Waals surface area contributed by atoms with Crippen molar-refractivity contribution in [1.82, 2.24) is 5.32 Å². The summed E-state index contributed by atoms with van der Waals surface area (Å²) in [6.45, 7) is 5.84. The Hall–Kier alpha value is -1.55. The standard InChI is InChI=1S/C12H18N2O2/c1-8-6-9(4-5-10(8)15)11(16)14-12(2,3)7-13/h4-6,15H,7,13H2,1-3H3,(H,14,16). The average molecular weight is 222 g/mol. The lowest BCUT2D eigenvalue weighted by Crippen LogP contribution is -2.48. The predicted molar refractivity (Wildman–Crippen MR) is 63.4 cm³/mol. The van der Waals surface area contributed by atoms with Gasteiger partial charge < -0.3 is 16.2 Å². The molecule has 0 atom stereocenters. The van der Waals surface area contributed by atoms with Gasteiger partial charge in [-0.05, 0) is 44.5 Å². The zero-order chi connectivity index (χ0) is 12.3. The van der Waals surface area contributed by atoms with Crippen LogP contribution in [0.5, 0.6) is 5.75 Å². The Balaban J connectivity index is 2.85. The smallest absolute Gasteiger partial charge is 0.251 e. The number of nitrogens with two attached hydrogens (primary N) is 1. The second kappa shape index (κ2) is 4.53. The SMILES string of the molecule is Cc1cc(C(=O)NC(C)(C)CN)ccc1O. The number of carbonyl (C=O) groups is 1. The number of phenolic OH excluding ortho intramolecular Hbond substituents is 1. The third-order valence-electron chi connectivity index (χ3n) is 2.42. The van der Waals surface area contributed by atoms with Gasteiger partial charge in [0.1, 0.15) is 5.75 Å². The van der Waals surface area contributed by atoms with Crippen LogP contribution in [0.2, 0.25) is 0 Å². The summed E-state index contributed by atoms with van der Waals surface area (Å²) >= 11 is 0. The monoisotopic (exact) mass is 222 g/mol. The number of rotatable bonds is 3. The summed E-state index contributed by atoms with van der Waals surface area (Å²) in [4.78, 5) is 11.8. The maximum atomic E-state index is 11.8. The van der Waals surface area contributed by atoms with E-state index in [1.165, 1.54) is 6.07 Å². The van der Waals surface area contributed by atoms with Gasteiger partial charge in [0.25, 0.3) is 5.91 Å². The van der Waals surface area contributed by atoms with Gasteiger partial charge in [-0.2, -0.15) is 0 Å². The quantitative estimate of drug-likeness (QED) is 0.718. The molecule has 0 aliphatic carbocycles. The molecule has 0 spiro atoms. The molecule has 0 aromatic heterocycles. The van der Waals surface area contributed by atoms with Crippen LogP contribution in [-0.4, -0.2) is 23.1 Å². The highest BCUT2D eigenvalue weighted by atomic mass is 16.3. The molecule has 0 radical (unpaired) electrons. The molecular formula is C12H18N2O2. The Morgan fingerprint density at radius 3 is 2.62 bits per heavy atom. The van der Waals surface area contributed by atoms with Crippen LogP contribution in [0.3, 0.4) is 0 Å². The van der Waals surface area contributed by atoms with E-state index in [2.05, 4.69) is 5.32 Å². The number of hydrogen-bond acceptors (Lipinski definition) is 3. The lowest BCUT2D eigenvalue weighted by Gasteiger charge is -2.24. The van der Waals surface area contributed by atoms with Gasteiger partial charge in [-0.25, -0.2) is 0 Å². The van der Waals surface area contributed by atoms with Crippen LogP contribution < -0.4 is 11.1 Å². The Bertz CT molecular complexity index is 400. The van der Waals surface area contributed by atoms with Crippen LogP contribution in [0.25, 0.3) is 0 Å². The summed E-state index contributed by atoms with van der Waals surface area (Å²) in [6, 6.07) is 4.75. The average Bonchev–Trinajstić information content (AvgIpc) is 2.21. The minimum absolute atomic E-state index is 0.182. The van der Waals surface area contributed by atoms with Crippen LogP contribution in [0, 0.1) is 6.92 Å². The molecule has 0 fully saturated rings. The lowest BCUT2D eigenvalue weighted by atomic mass is 10.0. The molecule has 4 N–H and O–H groups in total. The fourth-order valence-electron chi connectivity index (χ4n) is 1.23. The first-order valence-corrected chi connectivity index (χ1v) is 5.18. The van der Waals surface area contributed by atoms with Crippen molar-refractivity contribution in [2.24, 2.45) is 5.73 Å². The number of phenols is 1. The van der Waals surface area contributed by atoms with Gasteiger partial charge in [0.05, 0.1) is 0 Å². The molecule has 0 bridgehead atoms. The number of benzene rings is 1. The van der Waals surface area contributed by atoms with Crippen LogP contribution in [-0.2, 0) is 0 Å². The van der Waals surface area contributed by atoms with Crippen LogP contribution in [0.1, 0.15) is 29.8 Å². The van der Waals surface area contributed by atoms with E-state index in [1.807, 2.05) is 13.8 Å². The maximum absolute atomic E-state index is 11.8. The second-order valence-electron chi connectivity index (χ2n) is 4.54. The second-order valence-corrected chi connectivity index (χ2v) is 4.54. The topological polar surface area (TPSA) is 75.4 Å². The van der Waals surface area contributed by atoms with Crippen molar-refractivity contribution in [3.63, 3.8) is 0 Å². The molecule has 4 heteroatoms. The number of carbonyl (C=O) groups excluding carboxylic acids is 1. The minimum atomic E-state index is -0.428. The van der Waals surface area contributed by atoms with Crippen molar-refractivity contribution < 1.29 is 9.90 Å². The summed E-state index contributed by atoms with van der Waals surface area (Å²) in [5, 5.41) is 12.2. The fourth-order valence-corrected chi connectivity index (χ4v) is 1.23. The summed E-state index contributed by atoms with van der Waals surface area (Å²) in [7, 11) is 0. The first-order valence-electron chi connectivity index (χ1n) is 5.18. The molecule has 0 unspecified atom stereocenters. The minimum Gasteiger partial charge on any atom is -0.508 e. The van der Waals surface area contributed by atoms with Gasteiger partial charge >= 0.3 is 0 Å². The van der Waals surface area contributed by atoms with E-state index in [0.29, 0.717) is 17.7 Å². The Labute approximate surface area is 95.5 Å². The number of nitrogens with one attached hydrogen (secondary N) is 1. The molecule has 0 saturated carbocycles. The van der Waals surface area contributed by atoms with Crippen molar-refractivity contribution in [1.29, 1.82) is 0 Å². The van der Waals surface area contributed by atoms with E-state index in [-0.39, 0.29) is 11.7 Å². The lowest BCUT2D eigenvalue weighted by molar-refractivity contribution is 0.0915. The van der Waals surface area contributed by atoms with Gasteiger partial charge in [0.2, 0.25) is 0 Å². The highest BCUT2D eigenvalue weighted by Crippen LogP contribution is 2.17. The normalized spacial score (nSPS) is 11.2. The van der Waals surface area contributed by atoms with E-state index in [0.717, 1.165) is 0 Å². The van der Waals surface area contributed by atoms with Crippen molar-refractivity contribution in [3.8, 4) is 5.75 Å². The zero-order valence-corrected chi connectivity index (χ0v) is 9.87. The Kier molecular flexibility index (Phi) is 3.55. The summed E-state index contributed by atoms with van der Waals surface area (Å²) in [6.07, 6.45) is 0. The number of amides is 1. The van der Waals surface area contributed by atoms with Crippen molar-refractivity contribution >= 4 is 5.91 Å². The molecule has 88 valence electrons. The summed E-state index contributed by atoms with van der Waals surface area (Å²) < 4.78 is 0. The van der Waals surface area contributed by atoms with E-state index in [9.17, 15) is 9.90 Å². The largest absolute Gasteiger partial charge is 0.508 e. The highest BCUT2D eigenvalue weighted by molar-refractivity contribution is 5.95.